The Hall–Kier alpha value is -2.56. The van der Waals surface area contributed by atoms with Crippen molar-refractivity contribution in [1.82, 2.24) is 10.2 Å². The number of hydrogen-bond acceptors (Lipinski definition) is 2. The predicted molar refractivity (Wildman–Crippen MR) is 95.2 cm³/mol. The van der Waals surface area contributed by atoms with Crippen LogP contribution in [0.15, 0.2) is 48.5 Å². The standard InChI is InChI=1S/C20H23FN2O2/c1-23(13-15-8-9-18(25-2)17(21)12-15)19(24)22-14-20(10-11-20)16-6-4-3-5-7-16/h3-9,12H,10-11,13-14H2,1-2H3,(H,22,24). The number of amides is 2. The molecule has 2 aromatic carbocycles. The lowest BCUT2D eigenvalue weighted by Gasteiger charge is -2.22. The number of nitrogens with one attached hydrogen (secondary N) is 1. The van der Waals surface area contributed by atoms with Crippen LogP contribution in [-0.4, -0.2) is 31.6 Å². The van der Waals surface area contributed by atoms with E-state index in [0.29, 0.717) is 13.1 Å². The average molecular weight is 342 g/mol. The van der Waals surface area contributed by atoms with Gasteiger partial charge in [-0.1, -0.05) is 36.4 Å². The van der Waals surface area contributed by atoms with E-state index in [1.807, 2.05) is 18.2 Å². The monoisotopic (exact) mass is 342 g/mol. The van der Waals surface area contributed by atoms with Crippen molar-refractivity contribution in [2.45, 2.75) is 24.8 Å². The molecule has 2 aromatic rings. The number of nitrogens with zero attached hydrogens (tertiary/aromatic N) is 1. The van der Waals surface area contributed by atoms with Gasteiger partial charge in [-0.2, -0.15) is 0 Å². The van der Waals surface area contributed by atoms with Crippen molar-refractivity contribution in [3.8, 4) is 5.75 Å². The highest BCUT2D eigenvalue weighted by atomic mass is 19.1. The van der Waals surface area contributed by atoms with Crippen molar-refractivity contribution in [1.29, 1.82) is 0 Å². The van der Waals surface area contributed by atoms with Crippen LogP contribution in [0, 0.1) is 5.82 Å². The van der Waals surface area contributed by atoms with E-state index in [4.69, 9.17) is 4.74 Å². The van der Waals surface area contributed by atoms with E-state index in [1.54, 1.807) is 24.1 Å². The van der Waals surface area contributed by atoms with Crippen LogP contribution in [0.5, 0.6) is 5.75 Å². The van der Waals surface area contributed by atoms with Crippen LogP contribution in [0.25, 0.3) is 0 Å². The van der Waals surface area contributed by atoms with Gasteiger partial charge in [0.2, 0.25) is 0 Å². The summed E-state index contributed by atoms with van der Waals surface area (Å²) in [5, 5.41) is 3.01. The van der Waals surface area contributed by atoms with E-state index in [0.717, 1.165) is 18.4 Å². The van der Waals surface area contributed by atoms with Gasteiger partial charge in [0.1, 0.15) is 0 Å². The Labute approximate surface area is 147 Å². The molecule has 0 atom stereocenters. The highest BCUT2D eigenvalue weighted by Crippen LogP contribution is 2.47. The smallest absolute Gasteiger partial charge is 0.317 e. The number of halogens is 1. The van der Waals surface area contributed by atoms with Crippen molar-refractivity contribution in [3.05, 3.63) is 65.5 Å². The second-order valence-electron chi connectivity index (χ2n) is 6.63. The van der Waals surface area contributed by atoms with Gasteiger partial charge >= 0.3 is 6.03 Å². The first-order valence-electron chi connectivity index (χ1n) is 8.41. The number of rotatable bonds is 6. The van der Waals surface area contributed by atoms with Gasteiger partial charge in [0.05, 0.1) is 7.11 Å². The Kier molecular flexibility index (Phi) is 4.93. The third-order valence-corrected chi connectivity index (χ3v) is 4.80. The highest BCUT2D eigenvalue weighted by Gasteiger charge is 2.44. The molecule has 0 bridgehead atoms. The molecule has 0 saturated heterocycles. The van der Waals surface area contributed by atoms with Crippen LogP contribution in [0.2, 0.25) is 0 Å². The summed E-state index contributed by atoms with van der Waals surface area (Å²) in [6.07, 6.45) is 2.18. The maximum absolute atomic E-state index is 13.8. The molecular formula is C20H23FN2O2. The zero-order chi connectivity index (χ0) is 17.9. The zero-order valence-electron chi connectivity index (χ0n) is 14.6. The summed E-state index contributed by atoms with van der Waals surface area (Å²) in [6, 6.07) is 14.9. The largest absolute Gasteiger partial charge is 0.494 e. The van der Waals surface area contributed by atoms with E-state index in [1.165, 1.54) is 18.7 Å². The lowest BCUT2D eigenvalue weighted by molar-refractivity contribution is 0.205. The third kappa shape index (κ3) is 3.92. The number of carbonyl (C=O) groups is 1. The summed E-state index contributed by atoms with van der Waals surface area (Å²) in [5.74, 6) is -0.218. The normalized spacial score (nSPS) is 14.7. The summed E-state index contributed by atoms with van der Waals surface area (Å²) in [7, 11) is 3.14. The van der Waals surface area contributed by atoms with Crippen LogP contribution in [0.3, 0.4) is 0 Å². The number of ether oxygens (including phenoxy) is 1. The third-order valence-electron chi connectivity index (χ3n) is 4.80. The van der Waals surface area contributed by atoms with Gasteiger partial charge in [0.15, 0.2) is 11.6 Å². The van der Waals surface area contributed by atoms with Crippen molar-refractivity contribution in [2.75, 3.05) is 20.7 Å². The fourth-order valence-corrected chi connectivity index (χ4v) is 3.04. The van der Waals surface area contributed by atoms with Crippen molar-refractivity contribution in [2.24, 2.45) is 0 Å². The van der Waals surface area contributed by atoms with Crippen LogP contribution >= 0.6 is 0 Å². The molecule has 0 aromatic heterocycles. The maximum Gasteiger partial charge on any atom is 0.317 e. The summed E-state index contributed by atoms with van der Waals surface area (Å²) < 4.78 is 18.7. The van der Waals surface area contributed by atoms with Crippen molar-refractivity contribution >= 4 is 6.03 Å². The number of hydrogen-bond donors (Lipinski definition) is 1. The first-order valence-corrected chi connectivity index (χ1v) is 8.41. The molecule has 0 spiro atoms. The van der Waals surface area contributed by atoms with Crippen molar-refractivity contribution < 1.29 is 13.9 Å². The molecule has 4 nitrogen and oxygen atoms in total. The molecule has 1 aliphatic rings. The average Bonchev–Trinajstić information content (AvgIpc) is 3.42. The van der Waals surface area contributed by atoms with Gasteiger partial charge in [-0.25, -0.2) is 9.18 Å². The molecule has 5 heteroatoms. The van der Waals surface area contributed by atoms with E-state index in [-0.39, 0.29) is 17.2 Å². The van der Waals surface area contributed by atoms with Gasteiger partial charge in [0.25, 0.3) is 0 Å². The maximum atomic E-state index is 13.8. The fourth-order valence-electron chi connectivity index (χ4n) is 3.04. The predicted octanol–water partition coefficient (Wildman–Crippen LogP) is 3.71. The molecule has 0 heterocycles. The van der Waals surface area contributed by atoms with Crippen LogP contribution in [-0.2, 0) is 12.0 Å². The molecule has 2 amide bonds. The molecule has 1 fully saturated rings. The fraction of sp³-hybridized carbons (Fsp3) is 0.350. The highest BCUT2D eigenvalue weighted by molar-refractivity contribution is 5.74. The molecule has 1 aliphatic carbocycles. The zero-order valence-corrected chi connectivity index (χ0v) is 14.6. The minimum Gasteiger partial charge on any atom is -0.494 e. The molecule has 0 unspecified atom stereocenters. The summed E-state index contributed by atoms with van der Waals surface area (Å²) in [4.78, 5) is 13.9. The van der Waals surface area contributed by atoms with E-state index < -0.39 is 5.82 Å². The number of carbonyl (C=O) groups excluding carboxylic acids is 1. The lowest BCUT2D eigenvalue weighted by Crippen LogP contribution is -2.40. The van der Waals surface area contributed by atoms with Crippen molar-refractivity contribution in [3.63, 3.8) is 0 Å². The molecule has 25 heavy (non-hydrogen) atoms. The Morgan fingerprint density at radius 3 is 2.56 bits per heavy atom. The molecule has 0 aliphatic heterocycles. The summed E-state index contributed by atoms with van der Waals surface area (Å²) in [5.41, 5.74) is 2.07. The lowest BCUT2D eigenvalue weighted by atomic mass is 9.96. The second kappa shape index (κ2) is 7.13. The van der Waals surface area contributed by atoms with Crippen LogP contribution in [0.4, 0.5) is 9.18 Å². The van der Waals surface area contributed by atoms with Crippen LogP contribution in [0.1, 0.15) is 24.0 Å². The SMILES string of the molecule is COc1ccc(CN(C)C(=O)NCC2(c3ccccc3)CC2)cc1F. The Morgan fingerprint density at radius 2 is 1.96 bits per heavy atom. The Bertz CT molecular complexity index is 745. The van der Waals surface area contributed by atoms with Gasteiger partial charge in [-0.15, -0.1) is 0 Å². The second-order valence-corrected chi connectivity index (χ2v) is 6.63. The van der Waals surface area contributed by atoms with Crippen LogP contribution < -0.4 is 10.1 Å². The minimum absolute atomic E-state index is 0.0734. The molecule has 1 saturated carbocycles. The molecule has 1 N–H and O–H groups in total. The van der Waals surface area contributed by atoms with Gasteiger partial charge < -0.3 is 15.0 Å². The first-order chi connectivity index (χ1) is 12.0. The topological polar surface area (TPSA) is 41.6 Å². The summed E-state index contributed by atoms with van der Waals surface area (Å²) >= 11 is 0. The molecule has 132 valence electrons. The van der Waals surface area contributed by atoms with E-state index in [2.05, 4.69) is 17.4 Å². The molecule has 3 rings (SSSR count). The minimum atomic E-state index is -0.421. The van der Waals surface area contributed by atoms with E-state index in [9.17, 15) is 9.18 Å². The number of urea groups is 1. The quantitative estimate of drug-likeness (QED) is 0.869. The Balaban J connectivity index is 1.56. The number of methoxy groups -OCH3 is 1. The summed E-state index contributed by atoms with van der Waals surface area (Å²) in [6.45, 7) is 0.961. The Morgan fingerprint density at radius 1 is 1.24 bits per heavy atom. The van der Waals surface area contributed by atoms with Gasteiger partial charge in [0, 0.05) is 25.6 Å². The van der Waals surface area contributed by atoms with Gasteiger partial charge in [-0.3, -0.25) is 0 Å². The van der Waals surface area contributed by atoms with E-state index >= 15 is 0 Å². The first kappa shape index (κ1) is 17.3. The number of benzene rings is 2. The molecular weight excluding hydrogens is 319 g/mol. The van der Waals surface area contributed by atoms with Gasteiger partial charge in [-0.05, 0) is 36.1 Å². The molecule has 0 radical (unpaired) electrons.